The van der Waals surface area contributed by atoms with Crippen molar-refractivity contribution in [2.45, 2.75) is 20.4 Å². The van der Waals surface area contributed by atoms with Gasteiger partial charge < -0.3 is 9.80 Å². The third-order valence-corrected chi connectivity index (χ3v) is 4.08. The summed E-state index contributed by atoms with van der Waals surface area (Å²) < 4.78 is 0. The highest BCUT2D eigenvalue weighted by Gasteiger charge is 2.14. The Labute approximate surface area is 149 Å². The van der Waals surface area contributed by atoms with Gasteiger partial charge in [-0.2, -0.15) is 10.1 Å². The van der Waals surface area contributed by atoms with Crippen LogP contribution in [0.25, 0.3) is 0 Å². The molecule has 1 heterocycles. The van der Waals surface area contributed by atoms with Crippen LogP contribution in [0, 0.1) is 0 Å². The first kappa shape index (κ1) is 16.9. The fourth-order valence-corrected chi connectivity index (χ4v) is 2.76. The number of anilines is 3. The third-order valence-electron chi connectivity index (χ3n) is 4.08. The maximum Gasteiger partial charge on any atom is 0.251 e. The summed E-state index contributed by atoms with van der Waals surface area (Å²) in [7, 11) is 0. The van der Waals surface area contributed by atoms with E-state index < -0.39 is 0 Å². The molecular weight excluding hydrogens is 310 g/mol. The van der Waals surface area contributed by atoms with Crippen molar-refractivity contribution >= 4 is 17.5 Å². The van der Waals surface area contributed by atoms with Gasteiger partial charge in [-0.3, -0.25) is 0 Å². The summed E-state index contributed by atoms with van der Waals surface area (Å²) in [5.41, 5.74) is 2.31. The Morgan fingerprint density at radius 1 is 0.840 bits per heavy atom. The van der Waals surface area contributed by atoms with Gasteiger partial charge in [-0.05, 0) is 31.5 Å². The molecule has 25 heavy (non-hydrogen) atoms. The summed E-state index contributed by atoms with van der Waals surface area (Å²) in [4.78, 5) is 9.03. The minimum atomic E-state index is 0.623. The molecule has 1 aromatic heterocycles. The highest BCUT2D eigenvalue weighted by molar-refractivity contribution is 5.57. The summed E-state index contributed by atoms with van der Waals surface area (Å²) in [5, 5.41) is 8.44. The molecule has 0 saturated heterocycles. The Hall–Kier alpha value is -2.95. The minimum absolute atomic E-state index is 0.623. The molecule has 0 bridgehead atoms. The van der Waals surface area contributed by atoms with Gasteiger partial charge in [0, 0.05) is 25.3 Å². The highest BCUT2D eigenvalue weighted by Crippen LogP contribution is 2.23. The number of nitrogens with zero attached hydrogens (tertiary/aromatic N) is 5. The lowest BCUT2D eigenvalue weighted by molar-refractivity contribution is 0.787. The molecule has 5 heteroatoms. The van der Waals surface area contributed by atoms with E-state index in [0.29, 0.717) is 5.95 Å². The van der Waals surface area contributed by atoms with E-state index in [4.69, 9.17) is 4.98 Å². The van der Waals surface area contributed by atoms with Crippen LogP contribution in [0.15, 0.2) is 66.9 Å². The second-order valence-electron chi connectivity index (χ2n) is 5.69. The van der Waals surface area contributed by atoms with Gasteiger partial charge in [0.2, 0.25) is 0 Å². The predicted molar refractivity (Wildman–Crippen MR) is 102 cm³/mol. The van der Waals surface area contributed by atoms with Gasteiger partial charge in [0.25, 0.3) is 5.95 Å². The van der Waals surface area contributed by atoms with E-state index in [2.05, 4.69) is 70.2 Å². The normalized spacial score (nSPS) is 10.5. The molecule has 3 rings (SSSR count). The molecule has 0 radical (unpaired) electrons. The number of para-hydroxylation sites is 1. The monoisotopic (exact) mass is 333 g/mol. The molecule has 0 unspecified atom stereocenters. The second-order valence-corrected chi connectivity index (χ2v) is 5.69. The topological polar surface area (TPSA) is 45.2 Å². The van der Waals surface area contributed by atoms with Crippen LogP contribution < -0.4 is 9.80 Å². The van der Waals surface area contributed by atoms with Gasteiger partial charge in [0.15, 0.2) is 5.82 Å². The zero-order valence-corrected chi connectivity index (χ0v) is 14.7. The van der Waals surface area contributed by atoms with E-state index >= 15 is 0 Å². The predicted octanol–water partition coefficient (Wildman–Crippen LogP) is 4.06. The molecule has 0 saturated carbocycles. The van der Waals surface area contributed by atoms with Gasteiger partial charge in [-0.25, -0.2) is 0 Å². The van der Waals surface area contributed by atoms with Gasteiger partial charge in [0.1, 0.15) is 0 Å². The largest absolute Gasteiger partial charge is 0.351 e. The van der Waals surface area contributed by atoms with Crippen molar-refractivity contribution in [1.82, 2.24) is 15.2 Å². The van der Waals surface area contributed by atoms with E-state index in [1.165, 1.54) is 5.56 Å². The molecule has 0 N–H and O–H groups in total. The van der Waals surface area contributed by atoms with Gasteiger partial charge in [-0.15, -0.1) is 5.10 Å². The van der Waals surface area contributed by atoms with Gasteiger partial charge in [-0.1, -0.05) is 48.5 Å². The molecule has 0 spiro atoms. The molecule has 2 aromatic carbocycles. The molecule has 0 aliphatic rings. The molecule has 0 fully saturated rings. The van der Waals surface area contributed by atoms with Crippen LogP contribution in [0.4, 0.5) is 17.5 Å². The lowest BCUT2D eigenvalue weighted by Gasteiger charge is -2.24. The van der Waals surface area contributed by atoms with E-state index in [1.54, 1.807) is 6.20 Å². The summed E-state index contributed by atoms with van der Waals surface area (Å²) in [6, 6.07) is 20.5. The van der Waals surface area contributed by atoms with E-state index in [0.717, 1.165) is 31.1 Å². The highest BCUT2D eigenvalue weighted by atomic mass is 15.3. The Morgan fingerprint density at radius 2 is 1.52 bits per heavy atom. The standard InChI is InChI=1S/C20H23N5/c1-3-24(16-17-11-7-5-8-12-17)19-15-21-23-20(22-19)25(4-2)18-13-9-6-10-14-18/h5-15H,3-4,16H2,1-2H3. The van der Waals surface area contributed by atoms with Crippen LogP contribution >= 0.6 is 0 Å². The molecule has 128 valence electrons. The molecule has 0 aliphatic heterocycles. The van der Waals surface area contributed by atoms with Crippen molar-refractivity contribution in [3.05, 3.63) is 72.4 Å². The molecular formula is C20H23N5. The average Bonchev–Trinajstić information content (AvgIpc) is 2.69. The SMILES string of the molecule is CCN(Cc1ccccc1)c1cnnc(N(CC)c2ccccc2)n1. The molecule has 0 atom stereocenters. The van der Waals surface area contributed by atoms with Crippen molar-refractivity contribution < 1.29 is 0 Å². The van der Waals surface area contributed by atoms with Crippen molar-refractivity contribution in [2.24, 2.45) is 0 Å². The fraction of sp³-hybridized carbons (Fsp3) is 0.250. The molecule has 0 aliphatic carbocycles. The zero-order valence-electron chi connectivity index (χ0n) is 14.7. The number of aromatic nitrogens is 3. The summed E-state index contributed by atoms with van der Waals surface area (Å²) in [6.07, 6.45) is 1.73. The Kier molecular flexibility index (Phi) is 5.57. The van der Waals surface area contributed by atoms with E-state index in [-0.39, 0.29) is 0 Å². The first-order valence-electron chi connectivity index (χ1n) is 8.63. The first-order valence-corrected chi connectivity index (χ1v) is 8.63. The Balaban J connectivity index is 1.86. The fourth-order valence-electron chi connectivity index (χ4n) is 2.76. The average molecular weight is 333 g/mol. The summed E-state index contributed by atoms with van der Waals surface area (Å²) in [6.45, 7) is 6.64. The van der Waals surface area contributed by atoms with Crippen LogP contribution in [0.5, 0.6) is 0 Å². The lowest BCUT2D eigenvalue weighted by Crippen LogP contribution is -2.25. The van der Waals surface area contributed by atoms with Gasteiger partial charge in [0.05, 0.1) is 6.20 Å². The van der Waals surface area contributed by atoms with Crippen molar-refractivity contribution in [3.8, 4) is 0 Å². The van der Waals surface area contributed by atoms with Crippen molar-refractivity contribution in [1.29, 1.82) is 0 Å². The van der Waals surface area contributed by atoms with Gasteiger partial charge >= 0.3 is 0 Å². The van der Waals surface area contributed by atoms with Crippen LogP contribution in [0.3, 0.4) is 0 Å². The third kappa shape index (κ3) is 4.12. The van der Waals surface area contributed by atoms with Crippen LogP contribution in [0.2, 0.25) is 0 Å². The quantitative estimate of drug-likeness (QED) is 0.652. The van der Waals surface area contributed by atoms with E-state index in [1.807, 2.05) is 24.3 Å². The molecule has 3 aromatic rings. The number of rotatable bonds is 7. The van der Waals surface area contributed by atoms with Crippen LogP contribution in [-0.4, -0.2) is 28.3 Å². The Morgan fingerprint density at radius 3 is 2.16 bits per heavy atom. The Bertz CT molecular complexity index is 776. The maximum atomic E-state index is 4.77. The summed E-state index contributed by atoms with van der Waals surface area (Å²) >= 11 is 0. The van der Waals surface area contributed by atoms with Crippen LogP contribution in [-0.2, 0) is 6.54 Å². The molecule has 0 amide bonds. The number of hydrogen-bond donors (Lipinski definition) is 0. The summed E-state index contributed by atoms with van der Waals surface area (Å²) in [5.74, 6) is 1.46. The van der Waals surface area contributed by atoms with Crippen molar-refractivity contribution in [3.63, 3.8) is 0 Å². The lowest BCUT2D eigenvalue weighted by atomic mass is 10.2. The zero-order chi connectivity index (χ0) is 17.5. The smallest absolute Gasteiger partial charge is 0.251 e. The minimum Gasteiger partial charge on any atom is -0.351 e. The van der Waals surface area contributed by atoms with E-state index in [9.17, 15) is 0 Å². The van der Waals surface area contributed by atoms with Crippen LogP contribution in [0.1, 0.15) is 19.4 Å². The second kappa shape index (κ2) is 8.24. The maximum absolute atomic E-state index is 4.77. The number of hydrogen-bond acceptors (Lipinski definition) is 5. The number of benzene rings is 2. The van der Waals surface area contributed by atoms with Crippen molar-refractivity contribution in [2.75, 3.05) is 22.9 Å². The first-order chi connectivity index (χ1) is 12.3. The molecule has 5 nitrogen and oxygen atoms in total.